The standard InChI is InChI=1S/C15H16F2N2O2.C11H13NO/c1-10(4-5-14-11(2)18-15(20)19-14)6-13(17)7-12(8-16)9-21-3;1-8-11-6-10(13-3)5-4-9(11)7-12(8)2/h6-7,9,14H,2,8H2,1,3H3,(H2,18,19,20);4-6H,1,7H2,2-3H3/b10-6+,12-9-,13-7+;. The average molecular weight is 470 g/mol. The number of rotatable bonds is 5. The van der Waals surface area contributed by atoms with Gasteiger partial charge in [-0.3, -0.25) is 0 Å². The second kappa shape index (κ2) is 12.3. The molecule has 1 saturated heterocycles. The third-order valence-corrected chi connectivity index (χ3v) is 4.91. The van der Waals surface area contributed by atoms with Crippen molar-refractivity contribution in [2.75, 3.05) is 27.9 Å². The molecule has 3 rings (SSSR count). The first-order valence-corrected chi connectivity index (χ1v) is 10.4. The number of halogens is 2. The summed E-state index contributed by atoms with van der Waals surface area (Å²) in [6, 6.07) is 5.25. The summed E-state index contributed by atoms with van der Waals surface area (Å²) in [5, 5.41) is 5.00. The predicted molar refractivity (Wildman–Crippen MR) is 130 cm³/mol. The van der Waals surface area contributed by atoms with Crippen molar-refractivity contribution in [3.63, 3.8) is 0 Å². The molecule has 6 nitrogen and oxygen atoms in total. The summed E-state index contributed by atoms with van der Waals surface area (Å²) in [7, 11) is 5.09. The van der Waals surface area contributed by atoms with Gasteiger partial charge in [0.2, 0.25) is 0 Å². The molecule has 1 fully saturated rings. The number of carbonyl (C=O) groups is 1. The van der Waals surface area contributed by atoms with E-state index in [1.165, 1.54) is 24.3 Å². The lowest BCUT2D eigenvalue weighted by atomic mass is 10.1. The first-order valence-electron chi connectivity index (χ1n) is 10.4. The van der Waals surface area contributed by atoms with E-state index in [4.69, 9.17) is 4.74 Å². The van der Waals surface area contributed by atoms with Crippen LogP contribution in [0.3, 0.4) is 0 Å². The van der Waals surface area contributed by atoms with E-state index in [0.717, 1.165) is 30.3 Å². The van der Waals surface area contributed by atoms with Gasteiger partial charge in [-0.15, -0.1) is 0 Å². The van der Waals surface area contributed by atoms with E-state index in [-0.39, 0.29) is 11.6 Å². The number of benzene rings is 1. The summed E-state index contributed by atoms with van der Waals surface area (Å²) in [6.45, 7) is 9.38. The van der Waals surface area contributed by atoms with Crippen LogP contribution in [0.2, 0.25) is 0 Å². The van der Waals surface area contributed by atoms with E-state index in [1.807, 2.05) is 12.1 Å². The van der Waals surface area contributed by atoms with Crippen LogP contribution in [0, 0.1) is 11.8 Å². The highest BCUT2D eigenvalue weighted by molar-refractivity contribution is 5.81. The van der Waals surface area contributed by atoms with E-state index in [1.54, 1.807) is 14.0 Å². The highest BCUT2D eigenvalue weighted by Gasteiger charge is 2.21. The van der Waals surface area contributed by atoms with Crippen molar-refractivity contribution in [3.05, 3.63) is 83.6 Å². The fourth-order valence-electron chi connectivity index (χ4n) is 3.14. The van der Waals surface area contributed by atoms with E-state index in [9.17, 15) is 13.6 Å². The van der Waals surface area contributed by atoms with Gasteiger partial charge in [0.1, 0.15) is 24.3 Å². The first-order chi connectivity index (χ1) is 16.2. The highest BCUT2D eigenvalue weighted by atomic mass is 19.1. The topological polar surface area (TPSA) is 62.8 Å². The third kappa shape index (κ3) is 7.27. The number of amides is 2. The number of urea groups is 1. The maximum Gasteiger partial charge on any atom is 0.320 e. The van der Waals surface area contributed by atoms with Crippen molar-refractivity contribution in [1.29, 1.82) is 0 Å². The zero-order valence-corrected chi connectivity index (χ0v) is 19.8. The van der Waals surface area contributed by atoms with Crippen molar-refractivity contribution in [2.45, 2.75) is 19.5 Å². The SMILES string of the molecule is C=C1NC(=O)NC1C#C/C(C)=C/C(F)=C\C(=C\OC)CF.C=C1c2cc(OC)ccc2CN1C. The van der Waals surface area contributed by atoms with Gasteiger partial charge in [0.05, 0.1) is 20.5 Å². The van der Waals surface area contributed by atoms with Crippen LogP contribution in [0.5, 0.6) is 5.75 Å². The van der Waals surface area contributed by atoms with Crippen molar-refractivity contribution in [1.82, 2.24) is 15.5 Å². The lowest BCUT2D eigenvalue weighted by Crippen LogP contribution is -2.24. The lowest BCUT2D eigenvalue weighted by Gasteiger charge is -2.10. The summed E-state index contributed by atoms with van der Waals surface area (Å²) < 4.78 is 35.9. The maximum absolute atomic E-state index is 13.6. The number of methoxy groups -OCH3 is 2. The van der Waals surface area contributed by atoms with Gasteiger partial charge < -0.3 is 25.0 Å². The Morgan fingerprint density at radius 1 is 1.32 bits per heavy atom. The number of fused-ring (bicyclic) bond motifs is 1. The molecule has 0 spiro atoms. The summed E-state index contributed by atoms with van der Waals surface area (Å²) >= 11 is 0. The van der Waals surface area contributed by atoms with Crippen molar-refractivity contribution in [3.8, 4) is 17.6 Å². The van der Waals surface area contributed by atoms with Crippen LogP contribution in [0.1, 0.15) is 18.1 Å². The van der Waals surface area contributed by atoms with E-state index >= 15 is 0 Å². The fraction of sp³-hybridized carbons (Fsp3) is 0.269. The minimum Gasteiger partial charge on any atom is -0.504 e. The van der Waals surface area contributed by atoms with E-state index in [0.29, 0.717) is 11.3 Å². The zero-order chi connectivity index (χ0) is 25.3. The van der Waals surface area contributed by atoms with Crippen LogP contribution < -0.4 is 15.4 Å². The number of ether oxygens (including phenoxy) is 2. The van der Waals surface area contributed by atoms with Crippen molar-refractivity contribution in [2.24, 2.45) is 0 Å². The zero-order valence-electron chi connectivity index (χ0n) is 19.8. The first kappa shape index (κ1) is 26.3. The molecule has 1 unspecified atom stereocenters. The number of nitrogens with zero attached hydrogens (tertiary/aromatic N) is 1. The summed E-state index contributed by atoms with van der Waals surface area (Å²) in [5.74, 6) is 5.69. The Kier molecular flexibility index (Phi) is 9.50. The minimum absolute atomic E-state index is 0.0765. The monoisotopic (exact) mass is 469 g/mol. The Morgan fingerprint density at radius 3 is 2.65 bits per heavy atom. The quantitative estimate of drug-likeness (QED) is 0.376. The Hall–Kier alpha value is -3.99. The fourth-order valence-corrected chi connectivity index (χ4v) is 3.14. The van der Waals surface area contributed by atoms with Crippen LogP contribution in [0.25, 0.3) is 5.70 Å². The Balaban J connectivity index is 0.000000266. The Bertz CT molecular complexity index is 1110. The highest BCUT2D eigenvalue weighted by Crippen LogP contribution is 2.32. The number of allylic oxidation sites excluding steroid dienone is 5. The van der Waals surface area contributed by atoms with Crippen LogP contribution in [0.15, 0.2) is 72.4 Å². The molecule has 0 bridgehead atoms. The molecule has 0 aliphatic carbocycles. The Labute approximate surface area is 199 Å². The van der Waals surface area contributed by atoms with Gasteiger partial charge in [0.25, 0.3) is 0 Å². The lowest BCUT2D eigenvalue weighted by molar-refractivity contribution is 0.248. The third-order valence-electron chi connectivity index (χ3n) is 4.91. The second-order valence-electron chi connectivity index (χ2n) is 7.57. The summed E-state index contributed by atoms with van der Waals surface area (Å²) in [5.41, 5.74) is 4.56. The minimum atomic E-state index is -0.834. The molecule has 34 heavy (non-hydrogen) atoms. The number of hydrogen-bond donors (Lipinski definition) is 2. The van der Waals surface area contributed by atoms with Gasteiger partial charge in [0, 0.05) is 41.7 Å². The molecular weight excluding hydrogens is 440 g/mol. The number of carbonyl (C=O) groups excluding carboxylic acids is 1. The molecule has 0 saturated carbocycles. The normalized spacial score (nSPS) is 17.7. The van der Waals surface area contributed by atoms with Gasteiger partial charge in [-0.25, -0.2) is 13.6 Å². The van der Waals surface area contributed by atoms with Crippen LogP contribution in [-0.4, -0.2) is 44.9 Å². The van der Waals surface area contributed by atoms with Gasteiger partial charge in [-0.1, -0.05) is 31.1 Å². The number of nitrogens with one attached hydrogen (secondary N) is 2. The molecule has 8 heteroatoms. The number of hydrogen-bond acceptors (Lipinski definition) is 4. The van der Waals surface area contributed by atoms with Gasteiger partial charge in [-0.2, -0.15) is 0 Å². The molecule has 2 aliphatic rings. The van der Waals surface area contributed by atoms with Gasteiger partial charge in [0.15, 0.2) is 0 Å². The molecule has 1 aromatic rings. The smallest absolute Gasteiger partial charge is 0.320 e. The molecule has 180 valence electrons. The largest absolute Gasteiger partial charge is 0.504 e. The van der Waals surface area contributed by atoms with Crippen molar-refractivity contribution >= 4 is 11.7 Å². The molecule has 2 aliphatic heterocycles. The molecule has 0 aromatic heterocycles. The molecule has 2 amide bonds. The predicted octanol–water partition coefficient (Wildman–Crippen LogP) is 4.60. The van der Waals surface area contributed by atoms with E-state index < -0.39 is 18.5 Å². The summed E-state index contributed by atoms with van der Waals surface area (Å²) in [4.78, 5) is 13.2. The van der Waals surface area contributed by atoms with Gasteiger partial charge >= 0.3 is 6.03 Å². The molecular formula is C26H29F2N3O3. The maximum atomic E-state index is 13.6. The summed E-state index contributed by atoms with van der Waals surface area (Å²) in [6.07, 6.45) is 3.31. The van der Waals surface area contributed by atoms with Gasteiger partial charge in [-0.05, 0) is 36.8 Å². The molecule has 1 aromatic carbocycles. The average Bonchev–Trinajstić information content (AvgIpc) is 3.28. The van der Waals surface area contributed by atoms with E-state index in [2.05, 4.69) is 58.4 Å². The molecule has 1 atom stereocenters. The molecule has 2 heterocycles. The van der Waals surface area contributed by atoms with Crippen LogP contribution in [0.4, 0.5) is 13.6 Å². The molecule has 0 radical (unpaired) electrons. The number of alkyl halides is 1. The molecule has 2 N–H and O–H groups in total. The second-order valence-corrected chi connectivity index (χ2v) is 7.57. The van der Waals surface area contributed by atoms with Crippen molar-refractivity contribution < 1.29 is 23.0 Å². The Morgan fingerprint density at radius 2 is 2.06 bits per heavy atom. The van der Waals surface area contributed by atoms with Crippen LogP contribution in [-0.2, 0) is 11.3 Å². The van der Waals surface area contributed by atoms with Crippen LogP contribution >= 0.6 is 0 Å².